The van der Waals surface area contributed by atoms with Crippen LogP contribution < -0.4 is 0 Å². The quantitative estimate of drug-likeness (QED) is 0.338. The van der Waals surface area contributed by atoms with E-state index in [0.717, 1.165) is 12.1 Å². The van der Waals surface area contributed by atoms with Gasteiger partial charge in [-0.1, -0.05) is 29.8 Å². The number of fused-ring (bicyclic) bond motifs is 1. The number of carbonyl (C=O) groups is 2. The zero-order valence-electron chi connectivity index (χ0n) is 19.2. The Morgan fingerprint density at radius 3 is 2.64 bits per heavy atom. The number of Topliss-reactive ketones (excluding diaryl/α,β-unsaturated/α-hetero) is 1. The average Bonchev–Trinajstić information content (AvgIpc) is 3.23. The molecule has 33 heavy (non-hydrogen) atoms. The fourth-order valence-electron chi connectivity index (χ4n) is 4.42. The third-order valence-electron chi connectivity index (χ3n) is 5.95. The summed E-state index contributed by atoms with van der Waals surface area (Å²) in [5.74, 6) is -1.56. The molecule has 2 aromatic heterocycles. The van der Waals surface area contributed by atoms with E-state index < -0.39 is 17.7 Å². The van der Waals surface area contributed by atoms with Gasteiger partial charge in [0.15, 0.2) is 5.76 Å². The van der Waals surface area contributed by atoms with Gasteiger partial charge < -0.3 is 14.9 Å². The Labute approximate surface area is 197 Å². The maximum atomic E-state index is 13.3. The van der Waals surface area contributed by atoms with Crippen LogP contribution in [0.5, 0.6) is 0 Å². The van der Waals surface area contributed by atoms with Crippen LogP contribution >= 0.6 is 11.6 Å². The second kappa shape index (κ2) is 9.00. The molecule has 1 aliphatic rings. The second-order valence-corrected chi connectivity index (χ2v) is 9.07. The van der Waals surface area contributed by atoms with Gasteiger partial charge in [-0.25, -0.2) is 4.98 Å². The SMILES string of the molecule is Cc1nc2c(C)cccn2c1/C(O)=C1\C(=O)C(=O)N(CCCN(C)C)C1c1cccc(Cl)c1. The predicted octanol–water partition coefficient (Wildman–Crippen LogP) is 3.98. The van der Waals surface area contributed by atoms with E-state index in [-0.39, 0.29) is 11.3 Å². The molecule has 1 unspecified atom stereocenters. The normalized spacial score (nSPS) is 18.1. The van der Waals surface area contributed by atoms with Crippen LogP contribution in [0, 0.1) is 13.8 Å². The van der Waals surface area contributed by atoms with Crippen LogP contribution in [0.2, 0.25) is 5.02 Å². The summed E-state index contributed by atoms with van der Waals surface area (Å²) in [6.07, 6.45) is 2.48. The first-order valence-corrected chi connectivity index (χ1v) is 11.2. The number of imidazole rings is 1. The number of aryl methyl sites for hydroxylation is 2. The minimum absolute atomic E-state index is 0.0542. The molecular weight excluding hydrogens is 440 g/mol. The van der Waals surface area contributed by atoms with Crippen molar-refractivity contribution in [3.63, 3.8) is 0 Å². The van der Waals surface area contributed by atoms with E-state index in [9.17, 15) is 14.7 Å². The van der Waals surface area contributed by atoms with Gasteiger partial charge in [0.1, 0.15) is 11.3 Å². The number of rotatable bonds is 6. The van der Waals surface area contributed by atoms with Crippen molar-refractivity contribution in [3.05, 3.63) is 75.7 Å². The van der Waals surface area contributed by atoms with E-state index >= 15 is 0 Å². The number of hydrogen-bond acceptors (Lipinski definition) is 5. The van der Waals surface area contributed by atoms with Crippen molar-refractivity contribution in [1.82, 2.24) is 19.2 Å². The fraction of sp³-hybridized carbons (Fsp3) is 0.320. The molecule has 1 N–H and O–H groups in total. The van der Waals surface area contributed by atoms with Gasteiger partial charge in [-0.2, -0.15) is 0 Å². The summed E-state index contributed by atoms with van der Waals surface area (Å²) in [6, 6.07) is 10.1. The summed E-state index contributed by atoms with van der Waals surface area (Å²) < 4.78 is 1.76. The number of likely N-dealkylation sites (tertiary alicyclic amines) is 1. The van der Waals surface area contributed by atoms with E-state index in [0.29, 0.717) is 40.6 Å². The molecule has 0 radical (unpaired) electrons. The maximum absolute atomic E-state index is 13.3. The van der Waals surface area contributed by atoms with Crippen molar-refractivity contribution in [2.45, 2.75) is 26.3 Å². The summed E-state index contributed by atoms with van der Waals surface area (Å²) in [5, 5.41) is 12.0. The van der Waals surface area contributed by atoms with Gasteiger partial charge in [0.25, 0.3) is 11.7 Å². The Balaban J connectivity index is 1.90. The summed E-state index contributed by atoms with van der Waals surface area (Å²) in [7, 11) is 3.91. The van der Waals surface area contributed by atoms with Gasteiger partial charge in [0.2, 0.25) is 0 Å². The molecule has 1 amide bonds. The van der Waals surface area contributed by atoms with Gasteiger partial charge in [-0.3, -0.25) is 14.0 Å². The van der Waals surface area contributed by atoms with E-state index in [1.165, 1.54) is 4.90 Å². The maximum Gasteiger partial charge on any atom is 0.295 e. The molecular formula is C25H27ClN4O3. The molecule has 0 bridgehead atoms. The number of aromatic nitrogens is 2. The molecule has 0 spiro atoms. The molecule has 0 aliphatic carbocycles. The van der Waals surface area contributed by atoms with E-state index in [2.05, 4.69) is 4.98 Å². The molecule has 7 nitrogen and oxygen atoms in total. The van der Waals surface area contributed by atoms with Crippen LogP contribution in [0.1, 0.15) is 35.0 Å². The Morgan fingerprint density at radius 1 is 1.18 bits per heavy atom. The molecule has 3 heterocycles. The minimum Gasteiger partial charge on any atom is -0.505 e. The van der Waals surface area contributed by atoms with Crippen LogP contribution in [-0.2, 0) is 9.59 Å². The zero-order chi connectivity index (χ0) is 23.9. The van der Waals surface area contributed by atoms with Gasteiger partial charge in [-0.15, -0.1) is 0 Å². The molecule has 1 aromatic carbocycles. The third kappa shape index (κ3) is 4.14. The van der Waals surface area contributed by atoms with Gasteiger partial charge in [-0.05, 0) is 70.2 Å². The lowest BCUT2D eigenvalue weighted by Crippen LogP contribution is -2.32. The molecule has 172 valence electrons. The fourth-order valence-corrected chi connectivity index (χ4v) is 4.62. The largest absolute Gasteiger partial charge is 0.505 e. The molecule has 1 aliphatic heterocycles. The highest BCUT2D eigenvalue weighted by Crippen LogP contribution is 2.40. The average molecular weight is 467 g/mol. The number of amides is 1. The van der Waals surface area contributed by atoms with Gasteiger partial charge in [0, 0.05) is 17.8 Å². The Bertz CT molecular complexity index is 1280. The van der Waals surface area contributed by atoms with Crippen molar-refractivity contribution in [3.8, 4) is 0 Å². The monoisotopic (exact) mass is 466 g/mol. The standard InChI is InChI=1S/C25H27ClN4O3/c1-15-8-6-12-29-20(16(2)27-24(15)29)22(31)19-21(17-9-5-10-18(26)14-17)30(25(33)23(19)32)13-7-11-28(3)4/h5-6,8-10,12,14,21,31H,7,11,13H2,1-4H3/b22-19+. The van der Waals surface area contributed by atoms with E-state index in [4.69, 9.17) is 11.6 Å². The predicted molar refractivity (Wildman–Crippen MR) is 128 cm³/mol. The number of nitrogens with zero attached hydrogens (tertiary/aromatic N) is 4. The number of pyridine rings is 1. The zero-order valence-corrected chi connectivity index (χ0v) is 19.9. The lowest BCUT2D eigenvalue weighted by Gasteiger charge is -2.26. The van der Waals surface area contributed by atoms with E-state index in [1.54, 1.807) is 35.7 Å². The van der Waals surface area contributed by atoms with Gasteiger partial charge in [0.05, 0.1) is 17.3 Å². The Morgan fingerprint density at radius 2 is 1.94 bits per heavy atom. The highest BCUT2D eigenvalue weighted by molar-refractivity contribution is 6.46. The molecule has 1 fully saturated rings. The topological polar surface area (TPSA) is 78.1 Å². The summed E-state index contributed by atoms with van der Waals surface area (Å²) in [5.41, 5.74) is 3.35. The lowest BCUT2D eigenvalue weighted by atomic mass is 9.96. The van der Waals surface area contributed by atoms with Crippen molar-refractivity contribution in [2.75, 3.05) is 27.2 Å². The first kappa shape index (κ1) is 23.0. The first-order valence-electron chi connectivity index (χ1n) is 10.8. The van der Waals surface area contributed by atoms with E-state index in [1.807, 2.05) is 44.1 Å². The highest BCUT2D eigenvalue weighted by atomic mass is 35.5. The van der Waals surface area contributed by atoms with Crippen LogP contribution in [0.4, 0.5) is 0 Å². The Hall–Kier alpha value is -3.16. The number of carbonyl (C=O) groups excluding carboxylic acids is 2. The number of halogens is 1. The lowest BCUT2D eigenvalue weighted by molar-refractivity contribution is -0.139. The number of hydrogen-bond donors (Lipinski definition) is 1. The van der Waals surface area contributed by atoms with Crippen molar-refractivity contribution in [2.24, 2.45) is 0 Å². The molecule has 4 rings (SSSR count). The Kier molecular flexibility index (Phi) is 6.28. The number of benzene rings is 1. The molecule has 0 saturated carbocycles. The smallest absolute Gasteiger partial charge is 0.295 e. The van der Waals surface area contributed by atoms with Crippen molar-refractivity contribution >= 4 is 34.7 Å². The van der Waals surface area contributed by atoms with Crippen LogP contribution in [0.25, 0.3) is 11.4 Å². The molecule has 8 heteroatoms. The first-order chi connectivity index (χ1) is 15.7. The summed E-state index contributed by atoms with van der Waals surface area (Å²) >= 11 is 6.25. The minimum atomic E-state index is -0.736. The third-order valence-corrected chi connectivity index (χ3v) is 6.19. The highest BCUT2D eigenvalue weighted by Gasteiger charge is 2.46. The number of ketones is 1. The van der Waals surface area contributed by atoms with Crippen molar-refractivity contribution in [1.29, 1.82) is 0 Å². The summed E-state index contributed by atoms with van der Waals surface area (Å²) in [6.45, 7) is 4.85. The van der Waals surface area contributed by atoms with Gasteiger partial charge >= 0.3 is 0 Å². The molecule has 3 aromatic rings. The number of aliphatic hydroxyl groups excluding tert-OH is 1. The molecule has 1 saturated heterocycles. The van der Waals surface area contributed by atoms with Crippen LogP contribution in [0.3, 0.4) is 0 Å². The van der Waals surface area contributed by atoms with Crippen molar-refractivity contribution < 1.29 is 14.7 Å². The van der Waals surface area contributed by atoms with Crippen LogP contribution in [0.15, 0.2) is 48.2 Å². The second-order valence-electron chi connectivity index (χ2n) is 8.63. The number of aliphatic hydroxyl groups is 1. The van der Waals surface area contributed by atoms with Crippen LogP contribution in [-0.4, -0.2) is 63.2 Å². The molecule has 1 atom stereocenters. The summed E-state index contributed by atoms with van der Waals surface area (Å²) in [4.78, 5) is 34.5.